The first-order valence-electron chi connectivity index (χ1n) is 2.95. The van der Waals surface area contributed by atoms with Crippen LogP contribution in [0, 0.1) is 0 Å². The summed E-state index contributed by atoms with van der Waals surface area (Å²) in [6.45, 7) is -0.234. The van der Waals surface area contributed by atoms with E-state index in [1.165, 1.54) is 7.05 Å². The van der Waals surface area contributed by atoms with Gasteiger partial charge in [0.1, 0.15) is 0 Å². The average molecular weight is 217 g/mol. The van der Waals surface area contributed by atoms with Crippen molar-refractivity contribution in [1.82, 2.24) is 9.44 Å². The van der Waals surface area contributed by atoms with Gasteiger partial charge in [-0.25, -0.2) is 23.0 Å². The summed E-state index contributed by atoms with van der Waals surface area (Å²) in [6, 6.07) is 0. The molecule has 0 atom stereocenters. The summed E-state index contributed by atoms with van der Waals surface area (Å²) in [5.41, 5.74) is 0. The van der Waals surface area contributed by atoms with E-state index in [0.29, 0.717) is 0 Å². The second kappa shape index (κ2) is 4.14. The first kappa shape index (κ1) is 11.8. The van der Waals surface area contributed by atoms with Gasteiger partial charge in [-0.1, -0.05) is 0 Å². The third-order valence-electron chi connectivity index (χ3n) is 0.947. The number of rotatable bonds is 5. The Hall–Kier alpha value is -0.220. The number of primary sulfonamides is 1. The molecule has 4 N–H and O–H groups in total. The van der Waals surface area contributed by atoms with Crippen molar-refractivity contribution >= 4 is 20.2 Å². The second-order valence-electron chi connectivity index (χ2n) is 1.97. The topological polar surface area (TPSA) is 118 Å². The molecule has 0 aromatic rings. The van der Waals surface area contributed by atoms with Crippen molar-refractivity contribution in [1.29, 1.82) is 0 Å². The predicted molar refractivity (Wildman–Crippen MR) is 44.0 cm³/mol. The highest BCUT2D eigenvalue weighted by Crippen LogP contribution is 1.77. The van der Waals surface area contributed by atoms with Crippen molar-refractivity contribution in [2.45, 2.75) is 0 Å². The fourth-order valence-corrected chi connectivity index (χ4v) is 1.42. The Kier molecular flexibility index (Phi) is 4.06. The molecule has 0 aromatic heterocycles. The molecule has 0 saturated heterocycles. The SMILES string of the molecule is CNS(=O)(=O)NCCS(N)(=O)=O. The fourth-order valence-electron chi connectivity index (χ4n) is 0.390. The molecular formula is C3H11N3O4S2. The molecule has 12 heavy (non-hydrogen) atoms. The minimum absolute atomic E-state index is 0.234. The van der Waals surface area contributed by atoms with Crippen molar-refractivity contribution in [3.05, 3.63) is 0 Å². The lowest BCUT2D eigenvalue weighted by atomic mass is 10.8. The molecule has 0 aliphatic heterocycles. The van der Waals surface area contributed by atoms with E-state index in [4.69, 9.17) is 0 Å². The van der Waals surface area contributed by atoms with E-state index >= 15 is 0 Å². The van der Waals surface area contributed by atoms with Crippen molar-refractivity contribution in [3.8, 4) is 0 Å². The molecule has 0 spiro atoms. The van der Waals surface area contributed by atoms with Gasteiger partial charge in [-0.05, 0) is 0 Å². The molecule has 0 aromatic carbocycles. The van der Waals surface area contributed by atoms with Gasteiger partial charge in [-0.2, -0.15) is 8.42 Å². The van der Waals surface area contributed by atoms with Crippen LogP contribution in [0.4, 0.5) is 0 Å². The molecule has 0 rings (SSSR count). The van der Waals surface area contributed by atoms with Crippen molar-refractivity contribution in [2.24, 2.45) is 5.14 Å². The van der Waals surface area contributed by atoms with Gasteiger partial charge in [0.05, 0.1) is 5.75 Å². The molecule has 9 heteroatoms. The maximum absolute atomic E-state index is 10.6. The largest absolute Gasteiger partial charge is 0.276 e. The Balaban J connectivity index is 3.89. The van der Waals surface area contributed by atoms with Crippen LogP contribution in [0.5, 0.6) is 0 Å². The number of hydrogen-bond acceptors (Lipinski definition) is 4. The van der Waals surface area contributed by atoms with E-state index in [2.05, 4.69) is 5.14 Å². The van der Waals surface area contributed by atoms with Gasteiger partial charge in [-0.3, -0.25) is 0 Å². The molecule has 0 aliphatic rings. The highest BCUT2D eigenvalue weighted by Gasteiger charge is 2.07. The average Bonchev–Trinajstić information content (AvgIpc) is 1.84. The van der Waals surface area contributed by atoms with Crippen LogP contribution in [0.3, 0.4) is 0 Å². The zero-order valence-electron chi connectivity index (χ0n) is 6.44. The van der Waals surface area contributed by atoms with E-state index in [1.807, 2.05) is 9.44 Å². The summed E-state index contributed by atoms with van der Waals surface area (Å²) in [7, 11) is -5.96. The Morgan fingerprint density at radius 3 is 2.08 bits per heavy atom. The number of hydrogen-bond donors (Lipinski definition) is 3. The maximum Gasteiger partial charge on any atom is 0.276 e. The third-order valence-corrected chi connectivity index (χ3v) is 2.84. The van der Waals surface area contributed by atoms with Crippen LogP contribution in [-0.4, -0.2) is 36.2 Å². The third kappa shape index (κ3) is 6.49. The molecular weight excluding hydrogens is 206 g/mol. The molecule has 0 radical (unpaired) electrons. The monoisotopic (exact) mass is 217 g/mol. The molecule has 7 nitrogen and oxygen atoms in total. The molecule has 0 unspecified atom stereocenters. The van der Waals surface area contributed by atoms with Crippen molar-refractivity contribution in [2.75, 3.05) is 19.3 Å². The lowest BCUT2D eigenvalue weighted by Gasteiger charge is -2.02. The number of sulfonamides is 1. The van der Waals surface area contributed by atoms with Crippen LogP contribution in [-0.2, 0) is 20.2 Å². The Bertz CT molecular complexity index is 317. The summed E-state index contributed by atoms with van der Waals surface area (Å²) >= 11 is 0. The van der Waals surface area contributed by atoms with E-state index in [0.717, 1.165) is 0 Å². The summed E-state index contributed by atoms with van der Waals surface area (Å²) in [5, 5.41) is 4.62. The smallest absolute Gasteiger partial charge is 0.229 e. The van der Waals surface area contributed by atoms with Gasteiger partial charge in [0.15, 0.2) is 0 Å². The summed E-state index contributed by atoms with van der Waals surface area (Å²) in [6.07, 6.45) is 0. The van der Waals surface area contributed by atoms with Gasteiger partial charge in [0.25, 0.3) is 10.2 Å². The van der Waals surface area contributed by atoms with Gasteiger partial charge in [-0.15, -0.1) is 0 Å². The highest BCUT2D eigenvalue weighted by molar-refractivity contribution is 7.89. The molecule has 74 valence electrons. The van der Waals surface area contributed by atoms with Crippen LogP contribution < -0.4 is 14.6 Å². The fraction of sp³-hybridized carbons (Fsp3) is 1.00. The highest BCUT2D eigenvalue weighted by atomic mass is 32.2. The van der Waals surface area contributed by atoms with Gasteiger partial charge < -0.3 is 0 Å². The summed E-state index contributed by atoms with van der Waals surface area (Å²) < 4.78 is 45.8. The van der Waals surface area contributed by atoms with Crippen LogP contribution in [0.25, 0.3) is 0 Å². The lowest BCUT2D eigenvalue weighted by Crippen LogP contribution is -2.37. The van der Waals surface area contributed by atoms with E-state index < -0.39 is 26.0 Å². The van der Waals surface area contributed by atoms with E-state index in [-0.39, 0.29) is 6.54 Å². The first-order chi connectivity index (χ1) is 5.27. The van der Waals surface area contributed by atoms with Gasteiger partial charge in [0.2, 0.25) is 10.0 Å². The van der Waals surface area contributed by atoms with Crippen molar-refractivity contribution < 1.29 is 16.8 Å². The first-order valence-corrected chi connectivity index (χ1v) is 6.15. The zero-order valence-corrected chi connectivity index (χ0v) is 8.07. The Morgan fingerprint density at radius 2 is 1.75 bits per heavy atom. The predicted octanol–water partition coefficient (Wildman–Crippen LogP) is -2.67. The minimum Gasteiger partial charge on any atom is -0.229 e. The Labute approximate surface area is 71.6 Å². The van der Waals surface area contributed by atoms with E-state index in [9.17, 15) is 16.8 Å². The van der Waals surface area contributed by atoms with Gasteiger partial charge >= 0.3 is 0 Å². The summed E-state index contributed by atoms with van der Waals surface area (Å²) in [5.74, 6) is -0.423. The lowest BCUT2D eigenvalue weighted by molar-refractivity contribution is 0.574. The number of nitrogens with one attached hydrogen (secondary N) is 2. The molecule has 0 amide bonds. The van der Waals surface area contributed by atoms with E-state index in [1.54, 1.807) is 0 Å². The standard InChI is InChI=1S/C3H11N3O4S2/c1-5-12(9,10)6-2-3-11(4,7)8/h5-6H,2-3H2,1H3,(H2,4,7,8). The van der Waals surface area contributed by atoms with Crippen LogP contribution in [0.1, 0.15) is 0 Å². The Morgan fingerprint density at radius 1 is 1.25 bits per heavy atom. The molecule has 0 heterocycles. The van der Waals surface area contributed by atoms with Crippen LogP contribution >= 0.6 is 0 Å². The minimum atomic E-state index is -3.61. The molecule has 0 fully saturated rings. The molecule has 0 saturated carbocycles. The van der Waals surface area contributed by atoms with Crippen LogP contribution in [0.15, 0.2) is 0 Å². The van der Waals surface area contributed by atoms with Gasteiger partial charge in [0, 0.05) is 13.6 Å². The molecule has 0 aliphatic carbocycles. The van der Waals surface area contributed by atoms with Crippen LogP contribution in [0.2, 0.25) is 0 Å². The quantitative estimate of drug-likeness (QED) is 0.465. The zero-order chi connectivity index (χ0) is 9.83. The second-order valence-corrected chi connectivity index (χ2v) is 5.41. The van der Waals surface area contributed by atoms with Crippen molar-refractivity contribution in [3.63, 3.8) is 0 Å². The number of nitrogens with two attached hydrogens (primary N) is 1. The summed E-state index contributed by atoms with van der Waals surface area (Å²) in [4.78, 5) is 0. The molecule has 0 bridgehead atoms. The maximum atomic E-state index is 10.6. The normalized spacial score (nSPS) is 13.2.